The van der Waals surface area contributed by atoms with Crippen LogP contribution in [0, 0.1) is 0 Å². The molecule has 13 nitrogen and oxygen atoms in total. The zero-order valence-electron chi connectivity index (χ0n) is 20.2. The SMILES string of the molecule is O=c1cc(-c2ccccc2)oc2c([C@@H]3OC[C@H](O)[C@H](O)[C@H]3O)c(O)c([C@@H]3O[C@H](CO)[C@@H](O)[C@H](O)[C@H]3O)c(O)c12. The molecule has 0 spiro atoms. The maximum atomic E-state index is 13.4. The van der Waals surface area contributed by atoms with Gasteiger partial charge in [0.05, 0.1) is 24.3 Å². The van der Waals surface area contributed by atoms with E-state index in [9.17, 15) is 50.8 Å². The van der Waals surface area contributed by atoms with Crippen LogP contribution in [0.25, 0.3) is 22.3 Å². The number of aromatic hydroxyl groups is 2. The number of ether oxygens (including phenoxy) is 2. The van der Waals surface area contributed by atoms with Crippen molar-refractivity contribution in [1.29, 1.82) is 0 Å². The van der Waals surface area contributed by atoms with Crippen LogP contribution in [0.15, 0.2) is 45.6 Å². The van der Waals surface area contributed by atoms with Crippen LogP contribution in [0.4, 0.5) is 0 Å². The first-order chi connectivity index (χ1) is 18.6. The number of fused-ring (bicyclic) bond motifs is 1. The largest absolute Gasteiger partial charge is 0.507 e. The van der Waals surface area contributed by atoms with E-state index in [1.54, 1.807) is 30.3 Å². The highest BCUT2D eigenvalue weighted by atomic mass is 16.5. The number of aliphatic hydroxyl groups excluding tert-OH is 7. The van der Waals surface area contributed by atoms with E-state index >= 15 is 0 Å². The summed E-state index contributed by atoms with van der Waals surface area (Å²) in [5.74, 6) is -1.75. The minimum Gasteiger partial charge on any atom is -0.507 e. The Bertz CT molecular complexity index is 1400. The van der Waals surface area contributed by atoms with Crippen molar-refractivity contribution in [3.05, 3.63) is 57.7 Å². The van der Waals surface area contributed by atoms with Gasteiger partial charge in [0, 0.05) is 11.6 Å². The minimum atomic E-state index is -1.95. The summed E-state index contributed by atoms with van der Waals surface area (Å²) < 4.78 is 17.0. The summed E-state index contributed by atoms with van der Waals surface area (Å²) >= 11 is 0. The summed E-state index contributed by atoms with van der Waals surface area (Å²) in [7, 11) is 0. The molecule has 210 valence electrons. The Labute approximate surface area is 220 Å². The average Bonchev–Trinajstić information content (AvgIpc) is 2.93. The Morgan fingerprint density at radius 1 is 0.795 bits per heavy atom. The molecule has 39 heavy (non-hydrogen) atoms. The molecule has 0 unspecified atom stereocenters. The second-order valence-electron chi connectivity index (χ2n) is 9.62. The van der Waals surface area contributed by atoms with Gasteiger partial charge in [-0.2, -0.15) is 0 Å². The summed E-state index contributed by atoms with van der Waals surface area (Å²) in [6, 6.07) is 9.45. The molecule has 5 rings (SSSR count). The molecule has 2 aromatic carbocycles. The Kier molecular flexibility index (Phi) is 7.37. The van der Waals surface area contributed by atoms with Crippen molar-refractivity contribution in [2.75, 3.05) is 13.2 Å². The van der Waals surface area contributed by atoms with E-state index < -0.39 is 107 Å². The zero-order valence-corrected chi connectivity index (χ0v) is 20.2. The summed E-state index contributed by atoms with van der Waals surface area (Å²) in [6.45, 7) is -1.29. The molecule has 0 aliphatic carbocycles. The highest BCUT2D eigenvalue weighted by molar-refractivity contribution is 5.91. The molecule has 2 aliphatic heterocycles. The first-order valence-corrected chi connectivity index (χ1v) is 12.1. The van der Waals surface area contributed by atoms with Crippen LogP contribution in [-0.2, 0) is 9.47 Å². The highest BCUT2D eigenvalue weighted by Crippen LogP contribution is 2.50. The standard InChI is InChI=1S/C26H28O13/c27-7-13-18(31)21(34)23(36)26(39-13)15-19(32)14-10(28)6-12(9-4-2-1-3-5-9)38-24(14)16(20(15)33)25-22(35)17(30)11(29)8-37-25/h1-6,11,13,17-18,21-23,25-27,29-36H,7-8H2/t11-,13+,17-,18+,21-,22+,23+,25-,26-/m0/s1. The normalized spacial score (nSPS) is 33.4. The Morgan fingerprint density at radius 3 is 2.13 bits per heavy atom. The molecule has 3 aromatic rings. The van der Waals surface area contributed by atoms with Crippen molar-refractivity contribution in [3.63, 3.8) is 0 Å². The fraction of sp³-hybridized carbons (Fsp3) is 0.423. The van der Waals surface area contributed by atoms with Gasteiger partial charge in [0.25, 0.3) is 0 Å². The van der Waals surface area contributed by atoms with Gasteiger partial charge in [0.2, 0.25) is 0 Å². The Hall–Kier alpha value is -3.11. The number of phenolic OH excluding ortho intramolecular Hbond substituents is 2. The fourth-order valence-corrected chi connectivity index (χ4v) is 5.09. The van der Waals surface area contributed by atoms with Crippen molar-refractivity contribution in [2.45, 2.75) is 54.9 Å². The van der Waals surface area contributed by atoms with Gasteiger partial charge in [-0.05, 0) is 0 Å². The third-order valence-electron chi connectivity index (χ3n) is 7.21. The van der Waals surface area contributed by atoms with E-state index in [0.29, 0.717) is 5.56 Å². The lowest BCUT2D eigenvalue weighted by atomic mass is 9.85. The summed E-state index contributed by atoms with van der Waals surface area (Å²) in [6.07, 6.45) is -15.4. The van der Waals surface area contributed by atoms with Gasteiger partial charge in [-0.3, -0.25) is 4.79 Å². The van der Waals surface area contributed by atoms with Crippen molar-refractivity contribution < 1.29 is 59.8 Å². The number of phenols is 2. The van der Waals surface area contributed by atoms with Gasteiger partial charge >= 0.3 is 0 Å². The number of rotatable bonds is 4. The summed E-state index contributed by atoms with van der Waals surface area (Å²) in [5.41, 5.74) is -1.79. The van der Waals surface area contributed by atoms with Gasteiger partial charge in [-0.15, -0.1) is 0 Å². The van der Waals surface area contributed by atoms with E-state index in [1.165, 1.54) is 0 Å². The molecule has 2 saturated heterocycles. The summed E-state index contributed by atoms with van der Waals surface area (Å²) in [4.78, 5) is 13.4. The van der Waals surface area contributed by atoms with Gasteiger partial charge in [0.15, 0.2) is 11.0 Å². The van der Waals surface area contributed by atoms with Gasteiger partial charge in [0.1, 0.15) is 77.6 Å². The monoisotopic (exact) mass is 548 g/mol. The minimum absolute atomic E-state index is 0.0274. The topological polar surface area (TPSA) is 231 Å². The summed E-state index contributed by atoms with van der Waals surface area (Å²) in [5, 5.41) is 94.0. The Morgan fingerprint density at radius 2 is 1.46 bits per heavy atom. The van der Waals surface area contributed by atoms with Crippen molar-refractivity contribution in [2.24, 2.45) is 0 Å². The molecule has 13 heteroatoms. The molecular formula is C26H28O13. The van der Waals surface area contributed by atoms with E-state index in [2.05, 4.69) is 0 Å². The van der Waals surface area contributed by atoms with Crippen LogP contribution in [-0.4, -0.2) is 102 Å². The molecule has 2 aliphatic rings. The third kappa shape index (κ3) is 4.47. The van der Waals surface area contributed by atoms with Crippen molar-refractivity contribution >= 4 is 11.0 Å². The van der Waals surface area contributed by atoms with Crippen LogP contribution in [0.5, 0.6) is 11.5 Å². The maximum absolute atomic E-state index is 13.4. The van der Waals surface area contributed by atoms with Crippen molar-refractivity contribution in [1.82, 2.24) is 0 Å². The molecule has 1 aromatic heterocycles. The molecular weight excluding hydrogens is 520 g/mol. The maximum Gasteiger partial charge on any atom is 0.197 e. The highest BCUT2D eigenvalue weighted by Gasteiger charge is 2.48. The van der Waals surface area contributed by atoms with E-state index in [0.717, 1.165) is 6.07 Å². The molecule has 2 fully saturated rings. The number of hydrogen-bond donors (Lipinski definition) is 9. The number of hydrogen-bond acceptors (Lipinski definition) is 13. The molecule has 0 amide bonds. The van der Waals surface area contributed by atoms with Crippen molar-refractivity contribution in [3.8, 4) is 22.8 Å². The first-order valence-electron chi connectivity index (χ1n) is 12.1. The van der Waals surface area contributed by atoms with Gasteiger partial charge in [-0.25, -0.2) is 0 Å². The number of benzene rings is 2. The van der Waals surface area contributed by atoms with Crippen LogP contribution < -0.4 is 5.43 Å². The number of aliphatic hydroxyl groups is 7. The second kappa shape index (κ2) is 10.5. The van der Waals surface area contributed by atoms with E-state index in [4.69, 9.17) is 13.9 Å². The quantitative estimate of drug-likeness (QED) is 0.182. The second-order valence-corrected chi connectivity index (χ2v) is 9.62. The molecule has 0 bridgehead atoms. The van der Waals surface area contributed by atoms with Crippen LogP contribution in [0.3, 0.4) is 0 Å². The third-order valence-corrected chi connectivity index (χ3v) is 7.21. The fourth-order valence-electron chi connectivity index (χ4n) is 5.09. The lowest BCUT2D eigenvalue weighted by Gasteiger charge is -2.41. The molecule has 3 heterocycles. The lowest BCUT2D eigenvalue weighted by Crippen LogP contribution is -2.55. The van der Waals surface area contributed by atoms with Crippen LogP contribution in [0.2, 0.25) is 0 Å². The zero-order chi connectivity index (χ0) is 28.2. The lowest BCUT2D eigenvalue weighted by molar-refractivity contribution is -0.232. The Balaban J connectivity index is 1.80. The van der Waals surface area contributed by atoms with E-state index in [1.807, 2.05) is 0 Å². The van der Waals surface area contributed by atoms with E-state index in [-0.39, 0.29) is 5.76 Å². The van der Waals surface area contributed by atoms with Gasteiger partial charge in [-0.1, -0.05) is 30.3 Å². The predicted octanol–water partition coefficient (Wildman–Crippen LogP) is -1.46. The molecule has 0 radical (unpaired) electrons. The first kappa shape index (κ1) is 27.5. The predicted molar refractivity (Wildman–Crippen MR) is 131 cm³/mol. The molecule has 0 saturated carbocycles. The van der Waals surface area contributed by atoms with Crippen LogP contribution >= 0.6 is 0 Å². The van der Waals surface area contributed by atoms with Gasteiger partial charge < -0.3 is 59.8 Å². The average molecular weight is 548 g/mol. The molecule has 9 N–H and O–H groups in total. The molecule has 9 atom stereocenters. The smallest absolute Gasteiger partial charge is 0.197 e. The van der Waals surface area contributed by atoms with Crippen LogP contribution in [0.1, 0.15) is 23.3 Å².